The molecule has 0 aromatic heterocycles. The van der Waals surface area contributed by atoms with Crippen LogP contribution in [0.3, 0.4) is 0 Å². The predicted molar refractivity (Wildman–Crippen MR) is 139 cm³/mol. The highest BCUT2D eigenvalue weighted by molar-refractivity contribution is 5.21. The van der Waals surface area contributed by atoms with Crippen LogP contribution < -0.4 is 0 Å². The Morgan fingerprint density at radius 3 is 2.44 bits per heavy atom. The van der Waals surface area contributed by atoms with Gasteiger partial charge >= 0.3 is 0 Å². The van der Waals surface area contributed by atoms with E-state index in [9.17, 15) is 9.50 Å². The number of fused-ring (bicyclic) bond motifs is 1. The number of allylic oxidation sites excluding steroid dienone is 3. The molecule has 5 nitrogen and oxygen atoms in total. The van der Waals surface area contributed by atoms with E-state index in [1.54, 1.807) is 0 Å². The molecular formula is C30H47FO5. The largest absolute Gasteiger partial charge is 0.389 e. The summed E-state index contributed by atoms with van der Waals surface area (Å²) < 4.78 is 39.2. The van der Waals surface area contributed by atoms with Crippen molar-refractivity contribution in [1.29, 1.82) is 0 Å². The van der Waals surface area contributed by atoms with Gasteiger partial charge in [0.2, 0.25) is 0 Å². The number of hydrogen-bond acceptors (Lipinski definition) is 5. The van der Waals surface area contributed by atoms with Gasteiger partial charge in [-0.05, 0) is 101 Å². The molecule has 2 aliphatic carbocycles. The fourth-order valence-electron chi connectivity index (χ4n) is 6.36. The summed E-state index contributed by atoms with van der Waals surface area (Å²) >= 11 is 0. The van der Waals surface area contributed by atoms with Crippen molar-refractivity contribution < 1.29 is 28.4 Å². The molecule has 4 aliphatic rings. The number of rotatable bonds is 10. The van der Waals surface area contributed by atoms with Gasteiger partial charge in [0, 0.05) is 19.1 Å². The van der Waals surface area contributed by atoms with Crippen molar-refractivity contribution in [3.63, 3.8) is 0 Å². The zero-order valence-corrected chi connectivity index (χ0v) is 22.5. The third-order valence-corrected chi connectivity index (χ3v) is 8.47. The van der Waals surface area contributed by atoms with Gasteiger partial charge in [-0.25, -0.2) is 4.39 Å². The van der Waals surface area contributed by atoms with Crippen LogP contribution in [0.4, 0.5) is 4.39 Å². The van der Waals surface area contributed by atoms with Crippen LogP contribution in [-0.4, -0.2) is 49.7 Å². The molecule has 3 unspecified atom stereocenters. The van der Waals surface area contributed by atoms with Gasteiger partial charge in [-0.15, -0.1) is 0 Å². The van der Waals surface area contributed by atoms with Crippen LogP contribution in [0, 0.1) is 23.7 Å². The number of aliphatic hydroxyl groups is 1. The molecule has 2 saturated heterocycles. The summed E-state index contributed by atoms with van der Waals surface area (Å²) in [5.74, 6) is 0.849. The van der Waals surface area contributed by atoms with Crippen LogP contribution in [0.2, 0.25) is 0 Å². The Labute approximate surface area is 217 Å². The van der Waals surface area contributed by atoms with Gasteiger partial charge in [0.05, 0.1) is 18.8 Å². The van der Waals surface area contributed by atoms with Crippen LogP contribution in [-0.2, 0) is 18.9 Å². The summed E-state index contributed by atoms with van der Waals surface area (Å²) in [6.07, 6.45) is 16.2. The predicted octanol–water partition coefficient (Wildman–Crippen LogP) is 6.62. The maximum Gasteiger partial charge on any atom is 0.158 e. The first-order valence-corrected chi connectivity index (χ1v) is 14.3. The smallest absolute Gasteiger partial charge is 0.158 e. The van der Waals surface area contributed by atoms with E-state index in [4.69, 9.17) is 18.9 Å². The minimum Gasteiger partial charge on any atom is -0.389 e. The van der Waals surface area contributed by atoms with E-state index in [-0.39, 0.29) is 36.5 Å². The molecule has 4 rings (SSSR count). The van der Waals surface area contributed by atoms with Crippen LogP contribution in [0.15, 0.2) is 35.2 Å². The Morgan fingerprint density at radius 2 is 1.81 bits per heavy atom. The molecule has 0 bridgehead atoms. The molecule has 36 heavy (non-hydrogen) atoms. The van der Waals surface area contributed by atoms with Crippen LogP contribution >= 0.6 is 0 Å². The third-order valence-electron chi connectivity index (χ3n) is 8.47. The Kier molecular flexibility index (Phi) is 10.6. The van der Waals surface area contributed by atoms with E-state index in [0.29, 0.717) is 24.2 Å². The monoisotopic (exact) mass is 506 g/mol. The average molecular weight is 507 g/mol. The van der Waals surface area contributed by atoms with E-state index in [2.05, 4.69) is 39.0 Å². The Hall–Kier alpha value is -1.05. The molecule has 8 atom stereocenters. The first-order valence-electron chi connectivity index (χ1n) is 14.3. The van der Waals surface area contributed by atoms with Gasteiger partial charge in [-0.2, -0.15) is 0 Å². The van der Waals surface area contributed by atoms with E-state index >= 15 is 0 Å². The second-order valence-corrected chi connectivity index (χ2v) is 11.6. The molecule has 0 amide bonds. The molecule has 1 N–H and O–H groups in total. The zero-order valence-electron chi connectivity index (χ0n) is 22.5. The second kappa shape index (κ2) is 13.7. The lowest BCUT2D eigenvalue weighted by molar-refractivity contribution is -0.193. The fourth-order valence-corrected chi connectivity index (χ4v) is 6.36. The number of ether oxygens (including phenoxy) is 4. The van der Waals surface area contributed by atoms with E-state index in [0.717, 1.165) is 76.6 Å². The molecule has 0 aromatic rings. The SMILES string of the molecule is CC(C)=CCC(C)[C@H](C=C[C@@H]1[C@H]2CC(=C(F)CO)C[C@H]2C[C@H]1OC1CCCCO1)OC1CCCCO1. The second-order valence-electron chi connectivity index (χ2n) is 11.6. The topological polar surface area (TPSA) is 57.2 Å². The first kappa shape index (κ1) is 28.0. The molecule has 0 radical (unpaired) electrons. The van der Waals surface area contributed by atoms with Gasteiger partial charge < -0.3 is 24.1 Å². The van der Waals surface area contributed by atoms with Crippen molar-refractivity contribution in [3.05, 3.63) is 35.2 Å². The molecule has 0 aromatic carbocycles. The molecule has 0 spiro atoms. The standard InChI is InChI=1S/C30H47FO5/c1-20(2)10-11-21(3)27(35-29-8-4-6-14-33-29)13-12-24-25-17-23(26(31)19-32)16-22(25)18-28(24)36-30-9-5-7-15-34-30/h10,12-13,21-22,24-25,27-30,32H,4-9,11,14-19H2,1-3H3/t21?,22-,24+,25-,27-,28+,29?,30?/m0/s1. The summed E-state index contributed by atoms with van der Waals surface area (Å²) in [7, 11) is 0. The highest BCUT2D eigenvalue weighted by Gasteiger charge is 2.48. The van der Waals surface area contributed by atoms with E-state index in [1.807, 2.05) is 0 Å². The lowest BCUT2D eigenvalue weighted by atomic mass is 9.89. The molecule has 204 valence electrons. The van der Waals surface area contributed by atoms with Gasteiger partial charge in [-0.1, -0.05) is 30.7 Å². The number of hydrogen-bond donors (Lipinski definition) is 1. The first-order chi connectivity index (χ1) is 17.4. The molecule has 6 heteroatoms. The Balaban J connectivity index is 1.51. The molecule has 2 heterocycles. The summed E-state index contributed by atoms with van der Waals surface area (Å²) in [6, 6.07) is 0. The number of halogens is 1. The van der Waals surface area contributed by atoms with E-state index in [1.165, 1.54) is 5.57 Å². The number of aliphatic hydroxyl groups excluding tert-OH is 1. The van der Waals surface area contributed by atoms with Crippen molar-refractivity contribution in [2.75, 3.05) is 19.8 Å². The van der Waals surface area contributed by atoms with Gasteiger partial charge in [0.15, 0.2) is 12.6 Å². The normalized spacial score (nSPS) is 36.0. The van der Waals surface area contributed by atoms with Crippen LogP contribution in [0.5, 0.6) is 0 Å². The summed E-state index contributed by atoms with van der Waals surface area (Å²) in [5.41, 5.74) is 2.10. The molecule has 2 saturated carbocycles. The van der Waals surface area contributed by atoms with Crippen molar-refractivity contribution in [1.82, 2.24) is 0 Å². The Morgan fingerprint density at radius 1 is 1.08 bits per heavy atom. The van der Waals surface area contributed by atoms with Crippen molar-refractivity contribution >= 4 is 0 Å². The van der Waals surface area contributed by atoms with Crippen molar-refractivity contribution in [2.45, 2.75) is 110 Å². The highest BCUT2D eigenvalue weighted by Crippen LogP contribution is 2.52. The summed E-state index contributed by atoms with van der Waals surface area (Å²) in [5, 5.41) is 9.35. The van der Waals surface area contributed by atoms with E-state index < -0.39 is 6.61 Å². The fraction of sp³-hybridized carbons (Fsp3) is 0.800. The summed E-state index contributed by atoms with van der Waals surface area (Å²) in [6.45, 7) is 7.54. The van der Waals surface area contributed by atoms with Crippen molar-refractivity contribution in [3.8, 4) is 0 Å². The maximum atomic E-state index is 14.3. The maximum absolute atomic E-state index is 14.3. The average Bonchev–Trinajstić information content (AvgIpc) is 3.44. The lowest BCUT2D eigenvalue weighted by Gasteiger charge is -2.31. The quantitative estimate of drug-likeness (QED) is 0.338. The highest BCUT2D eigenvalue weighted by atomic mass is 19.1. The third kappa shape index (κ3) is 7.50. The molecule has 2 aliphatic heterocycles. The zero-order chi connectivity index (χ0) is 25.5. The van der Waals surface area contributed by atoms with Crippen molar-refractivity contribution in [2.24, 2.45) is 23.7 Å². The minimum atomic E-state index is -0.496. The van der Waals surface area contributed by atoms with Gasteiger partial charge in [-0.3, -0.25) is 0 Å². The van der Waals surface area contributed by atoms with Gasteiger partial charge in [0.1, 0.15) is 5.83 Å². The Bertz CT molecular complexity index is 776. The van der Waals surface area contributed by atoms with Crippen LogP contribution in [0.25, 0.3) is 0 Å². The van der Waals surface area contributed by atoms with Crippen LogP contribution in [0.1, 0.15) is 85.0 Å². The molecular weight excluding hydrogens is 459 g/mol. The molecule has 4 fully saturated rings. The van der Waals surface area contributed by atoms with Gasteiger partial charge in [0.25, 0.3) is 0 Å². The minimum absolute atomic E-state index is 0.0556. The summed E-state index contributed by atoms with van der Waals surface area (Å²) in [4.78, 5) is 0. The lowest BCUT2D eigenvalue weighted by Crippen LogP contribution is -2.32.